The Hall–Kier alpha value is -3.16. The molecule has 3 aromatic rings. The predicted octanol–water partition coefficient (Wildman–Crippen LogP) is 1.91. The van der Waals surface area contributed by atoms with E-state index in [1.807, 2.05) is 0 Å². The van der Waals surface area contributed by atoms with Crippen molar-refractivity contribution in [2.45, 2.75) is 0 Å². The summed E-state index contributed by atoms with van der Waals surface area (Å²) < 4.78 is 1.27. The van der Waals surface area contributed by atoms with Crippen molar-refractivity contribution >= 4 is 28.0 Å². The van der Waals surface area contributed by atoms with Gasteiger partial charge in [-0.05, 0) is 6.07 Å². The fourth-order valence-corrected chi connectivity index (χ4v) is 2.24. The zero-order valence-corrected chi connectivity index (χ0v) is 11.0. The smallest absolute Gasteiger partial charge is 0.347 e. The van der Waals surface area contributed by atoms with Crippen LogP contribution in [0.5, 0.6) is 0 Å². The Morgan fingerprint density at radius 2 is 2.14 bits per heavy atom. The number of H-pyrrole nitrogens is 1. The maximum absolute atomic E-state index is 12.2. The molecule has 2 aromatic heterocycles. The Morgan fingerprint density at radius 3 is 2.81 bits per heavy atom. The largest absolute Gasteiger partial charge is 0.357 e. The zero-order chi connectivity index (χ0) is 15.0. The number of rotatable bonds is 3. The molecule has 0 atom stereocenters. The molecule has 21 heavy (non-hydrogen) atoms. The Morgan fingerprint density at radius 1 is 1.38 bits per heavy atom. The number of para-hydroxylation sites is 1. The molecule has 0 amide bonds. The summed E-state index contributed by atoms with van der Waals surface area (Å²) in [7, 11) is 1.51. The third-order valence-corrected chi connectivity index (χ3v) is 3.23. The van der Waals surface area contributed by atoms with Gasteiger partial charge in [0.1, 0.15) is 5.69 Å². The van der Waals surface area contributed by atoms with Crippen LogP contribution in [0.15, 0.2) is 41.5 Å². The summed E-state index contributed by atoms with van der Waals surface area (Å²) in [4.78, 5) is 22.9. The van der Waals surface area contributed by atoms with E-state index in [4.69, 9.17) is 0 Å². The number of hydrogen-bond acceptors (Lipinski definition) is 5. The highest BCUT2D eigenvalue weighted by Gasteiger charge is 2.24. The lowest BCUT2D eigenvalue weighted by Gasteiger charge is -2.11. The van der Waals surface area contributed by atoms with Crippen LogP contribution in [0.2, 0.25) is 0 Å². The van der Waals surface area contributed by atoms with E-state index < -0.39 is 16.2 Å². The molecule has 2 heterocycles. The molecule has 0 bridgehead atoms. The molecule has 8 nitrogen and oxygen atoms in total. The lowest BCUT2D eigenvalue weighted by Crippen LogP contribution is -2.21. The first-order valence-electron chi connectivity index (χ1n) is 6.11. The summed E-state index contributed by atoms with van der Waals surface area (Å²) in [6.45, 7) is 0. The topological polar surface area (TPSA) is 106 Å². The molecule has 1 aromatic carbocycles. The lowest BCUT2D eigenvalue weighted by molar-refractivity contribution is -0.385. The maximum Gasteiger partial charge on any atom is 0.357 e. The molecular formula is C13H11N5O3. The molecule has 0 fully saturated rings. The molecule has 106 valence electrons. The van der Waals surface area contributed by atoms with Gasteiger partial charge < -0.3 is 9.88 Å². The number of hydrogen-bond donors (Lipinski definition) is 2. The molecule has 8 heteroatoms. The van der Waals surface area contributed by atoms with E-state index in [-0.39, 0.29) is 5.69 Å². The van der Waals surface area contributed by atoms with Gasteiger partial charge >= 0.3 is 11.2 Å². The van der Waals surface area contributed by atoms with Gasteiger partial charge in [0.05, 0.1) is 22.3 Å². The average Bonchev–Trinajstić information content (AvgIpc) is 2.97. The third-order valence-electron chi connectivity index (χ3n) is 3.23. The SMILES string of the molecule is Cn1c(=O)c([N+](=O)[O-])c(Nc2cn[nH]c2)c2ccccc21. The first-order valence-corrected chi connectivity index (χ1v) is 6.11. The van der Waals surface area contributed by atoms with Crippen molar-refractivity contribution in [3.05, 3.63) is 57.1 Å². The van der Waals surface area contributed by atoms with Crippen LogP contribution in [0, 0.1) is 10.1 Å². The normalized spacial score (nSPS) is 10.7. The van der Waals surface area contributed by atoms with E-state index in [0.29, 0.717) is 16.6 Å². The highest BCUT2D eigenvalue weighted by molar-refractivity contribution is 5.97. The molecule has 0 saturated carbocycles. The predicted molar refractivity (Wildman–Crippen MR) is 77.7 cm³/mol. The summed E-state index contributed by atoms with van der Waals surface area (Å²) in [5.41, 5.74) is 0.165. The van der Waals surface area contributed by atoms with Gasteiger partial charge in [0.2, 0.25) is 0 Å². The van der Waals surface area contributed by atoms with Crippen LogP contribution in [0.3, 0.4) is 0 Å². The van der Waals surface area contributed by atoms with Gasteiger partial charge in [0.15, 0.2) is 0 Å². The second-order valence-corrected chi connectivity index (χ2v) is 4.47. The number of aryl methyl sites for hydroxylation is 1. The van der Waals surface area contributed by atoms with Crippen LogP contribution < -0.4 is 10.9 Å². The van der Waals surface area contributed by atoms with Crippen molar-refractivity contribution in [1.29, 1.82) is 0 Å². The van der Waals surface area contributed by atoms with Crippen molar-refractivity contribution in [2.75, 3.05) is 5.32 Å². The van der Waals surface area contributed by atoms with Crippen LogP contribution in [0.25, 0.3) is 10.9 Å². The number of aromatic nitrogens is 3. The molecular weight excluding hydrogens is 274 g/mol. The van der Waals surface area contributed by atoms with Crippen molar-refractivity contribution in [2.24, 2.45) is 7.05 Å². The van der Waals surface area contributed by atoms with Gasteiger partial charge in [-0.1, -0.05) is 18.2 Å². The molecule has 0 saturated heterocycles. The number of pyridine rings is 1. The highest BCUT2D eigenvalue weighted by atomic mass is 16.6. The minimum absolute atomic E-state index is 0.167. The molecule has 0 aliphatic heterocycles. The number of nitro groups is 1. The van der Waals surface area contributed by atoms with Gasteiger partial charge in [-0.25, -0.2) is 0 Å². The van der Waals surface area contributed by atoms with Crippen molar-refractivity contribution in [1.82, 2.24) is 14.8 Å². The van der Waals surface area contributed by atoms with Gasteiger partial charge in [-0.3, -0.25) is 20.0 Å². The number of anilines is 2. The summed E-state index contributed by atoms with van der Waals surface area (Å²) >= 11 is 0. The van der Waals surface area contributed by atoms with Crippen LogP contribution in [-0.4, -0.2) is 19.7 Å². The first kappa shape index (κ1) is 12.9. The van der Waals surface area contributed by atoms with Crippen molar-refractivity contribution in [3.63, 3.8) is 0 Å². The molecule has 0 aliphatic rings. The van der Waals surface area contributed by atoms with Gasteiger partial charge in [0, 0.05) is 18.6 Å². The van der Waals surface area contributed by atoms with Crippen molar-refractivity contribution in [3.8, 4) is 0 Å². The van der Waals surface area contributed by atoms with Crippen molar-refractivity contribution < 1.29 is 4.92 Å². The average molecular weight is 285 g/mol. The van der Waals surface area contributed by atoms with Crippen LogP contribution in [0.1, 0.15) is 0 Å². The Bertz CT molecular complexity index is 883. The molecule has 3 rings (SSSR count). The van der Waals surface area contributed by atoms with E-state index >= 15 is 0 Å². The number of nitrogens with one attached hydrogen (secondary N) is 2. The molecule has 0 aliphatic carbocycles. The maximum atomic E-state index is 12.2. The summed E-state index contributed by atoms with van der Waals surface area (Å²) in [6, 6.07) is 7.00. The monoisotopic (exact) mass is 285 g/mol. The van der Waals surface area contributed by atoms with Crippen LogP contribution in [0.4, 0.5) is 17.1 Å². The Labute approximate surface area is 118 Å². The second kappa shape index (κ2) is 4.75. The summed E-state index contributed by atoms with van der Waals surface area (Å²) in [5.74, 6) is 0. The highest BCUT2D eigenvalue weighted by Crippen LogP contribution is 2.31. The van der Waals surface area contributed by atoms with E-state index in [2.05, 4.69) is 15.5 Å². The standard InChI is InChI=1S/C13H11N5O3/c1-17-10-5-3-2-4-9(10)11(12(13(17)19)18(20)21)16-8-6-14-15-7-8/h2-7,16H,1H3,(H,14,15). The Kier molecular flexibility index (Phi) is 2.90. The fourth-order valence-electron chi connectivity index (χ4n) is 2.24. The number of aromatic amines is 1. The Balaban J connectivity index is 2.38. The minimum atomic E-state index is -0.669. The fraction of sp³-hybridized carbons (Fsp3) is 0.0769. The molecule has 0 radical (unpaired) electrons. The first-order chi connectivity index (χ1) is 10.1. The van der Waals surface area contributed by atoms with E-state index in [1.54, 1.807) is 30.5 Å². The summed E-state index contributed by atoms with van der Waals surface area (Å²) in [5, 5.41) is 21.2. The van der Waals surface area contributed by atoms with Crippen LogP contribution in [-0.2, 0) is 7.05 Å². The molecule has 0 spiro atoms. The second-order valence-electron chi connectivity index (χ2n) is 4.47. The zero-order valence-electron chi connectivity index (χ0n) is 11.0. The third kappa shape index (κ3) is 2.02. The van der Waals surface area contributed by atoms with E-state index in [0.717, 1.165) is 0 Å². The minimum Gasteiger partial charge on any atom is -0.347 e. The van der Waals surface area contributed by atoms with Gasteiger partial charge in [-0.15, -0.1) is 0 Å². The summed E-state index contributed by atoms with van der Waals surface area (Å²) in [6.07, 6.45) is 3.03. The van der Waals surface area contributed by atoms with Gasteiger partial charge in [0.25, 0.3) is 0 Å². The van der Waals surface area contributed by atoms with Crippen LogP contribution >= 0.6 is 0 Å². The van der Waals surface area contributed by atoms with E-state index in [9.17, 15) is 14.9 Å². The van der Waals surface area contributed by atoms with Gasteiger partial charge in [-0.2, -0.15) is 5.10 Å². The number of fused-ring (bicyclic) bond motifs is 1. The molecule has 0 unspecified atom stereocenters. The number of nitrogens with zero attached hydrogens (tertiary/aromatic N) is 3. The molecule has 2 N–H and O–H groups in total. The number of benzene rings is 1. The lowest BCUT2D eigenvalue weighted by atomic mass is 10.1. The quantitative estimate of drug-likeness (QED) is 0.564. The van der Waals surface area contributed by atoms with E-state index in [1.165, 1.54) is 17.8 Å².